The molecule has 2 aliphatic rings. The van der Waals surface area contributed by atoms with Crippen LogP contribution in [0.15, 0.2) is 12.1 Å². The van der Waals surface area contributed by atoms with Crippen molar-refractivity contribution in [1.29, 1.82) is 0 Å². The van der Waals surface area contributed by atoms with Crippen molar-refractivity contribution >= 4 is 11.6 Å². The molecule has 4 unspecified atom stereocenters. The standard InChI is InChI=1S/C13H20N4/c1-8(11-7-9-2-3-10(11)6-9)15-13-5-4-12(14)16-17-13/h4-5,8-11H,2-3,6-7H2,1H3,(H2,14,16)(H,15,17). The molecule has 4 nitrogen and oxygen atoms in total. The average molecular weight is 232 g/mol. The number of nitrogen functional groups attached to an aromatic ring is 1. The predicted molar refractivity (Wildman–Crippen MR) is 68.5 cm³/mol. The number of nitrogens with zero attached hydrogens (tertiary/aromatic N) is 2. The fraction of sp³-hybridized carbons (Fsp3) is 0.692. The van der Waals surface area contributed by atoms with Gasteiger partial charge >= 0.3 is 0 Å². The highest BCUT2D eigenvalue weighted by molar-refractivity contribution is 5.39. The Morgan fingerprint density at radius 1 is 1.29 bits per heavy atom. The highest BCUT2D eigenvalue weighted by atomic mass is 15.2. The summed E-state index contributed by atoms with van der Waals surface area (Å²) in [5.74, 6) is 4.06. The van der Waals surface area contributed by atoms with Gasteiger partial charge in [0, 0.05) is 6.04 Å². The lowest BCUT2D eigenvalue weighted by Crippen LogP contribution is -2.30. The van der Waals surface area contributed by atoms with Crippen molar-refractivity contribution in [2.45, 2.75) is 38.6 Å². The first kappa shape index (κ1) is 10.8. The Hall–Kier alpha value is -1.32. The highest BCUT2D eigenvalue weighted by Crippen LogP contribution is 2.49. The van der Waals surface area contributed by atoms with Gasteiger partial charge in [-0.1, -0.05) is 6.42 Å². The van der Waals surface area contributed by atoms with Crippen LogP contribution in [0.2, 0.25) is 0 Å². The Kier molecular flexibility index (Phi) is 2.65. The summed E-state index contributed by atoms with van der Waals surface area (Å²) in [4.78, 5) is 0. The maximum Gasteiger partial charge on any atom is 0.149 e. The van der Waals surface area contributed by atoms with Crippen LogP contribution in [-0.4, -0.2) is 16.2 Å². The van der Waals surface area contributed by atoms with E-state index in [0.29, 0.717) is 11.9 Å². The summed E-state index contributed by atoms with van der Waals surface area (Å²) in [7, 11) is 0. The van der Waals surface area contributed by atoms with Crippen molar-refractivity contribution in [2.24, 2.45) is 17.8 Å². The van der Waals surface area contributed by atoms with Gasteiger partial charge in [0.1, 0.15) is 11.6 Å². The van der Waals surface area contributed by atoms with E-state index < -0.39 is 0 Å². The molecule has 2 saturated carbocycles. The van der Waals surface area contributed by atoms with Crippen LogP contribution in [0.5, 0.6) is 0 Å². The third-order valence-electron chi connectivity index (χ3n) is 4.50. The molecule has 2 aliphatic carbocycles. The minimum atomic E-state index is 0.475. The number of hydrogen-bond donors (Lipinski definition) is 2. The largest absolute Gasteiger partial charge is 0.382 e. The van der Waals surface area contributed by atoms with Gasteiger partial charge in [0.2, 0.25) is 0 Å². The van der Waals surface area contributed by atoms with E-state index >= 15 is 0 Å². The van der Waals surface area contributed by atoms with Crippen molar-refractivity contribution in [3.8, 4) is 0 Å². The number of rotatable bonds is 3. The van der Waals surface area contributed by atoms with Gasteiger partial charge in [-0.15, -0.1) is 10.2 Å². The number of fused-ring (bicyclic) bond motifs is 2. The van der Waals surface area contributed by atoms with E-state index in [-0.39, 0.29) is 0 Å². The smallest absolute Gasteiger partial charge is 0.149 e. The molecule has 0 spiro atoms. The van der Waals surface area contributed by atoms with Crippen LogP contribution in [0.3, 0.4) is 0 Å². The second kappa shape index (κ2) is 4.17. The van der Waals surface area contributed by atoms with Crippen LogP contribution in [0, 0.1) is 17.8 Å². The zero-order valence-electron chi connectivity index (χ0n) is 10.3. The summed E-state index contributed by atoms with van der Waals surface area (Å²) in [5, 5.41) is 11.4. The normalized spacial score (nSPS) is 32.6. The first-order valence-corrected chi connectivity index (χ1v) is 6.58. The third-order valence-corrected chi connectivity index (χ3v) is 4.50. The zero-order chi connectivity index (χ0) is 11.8. The quantitative estimate of drug-likeness (QED) is 0.839. The number of aromatic nitrogens is 2. The molecule has 0 aliphatic heterocycles. The van der Waals surface area contributed by atoms with Crippen molar-refractivity contribution < 1.29 is 0 Å². The first-order valence-electron chi connectivity index (χ1n) is 6.58. The van der Waals surface area contributed by atoms with Gasteiger partial charge in [-0.3, -0.25) is 0 Å². The monoisotopic (exact) mass is 232 g/mol. The molecular formula is C13H20N4. The van der Waals surface area contributed by atoms with Crippen LogP contribution < -0.4 is 11.1 Å². The molecule has 1 aromatic rings. The molecule has 92 valence electrons. The van der Waals surface area contributed by atoms with Gasteiger partial charge in [0.15, 0.2) is 0 Å². The topological polar surface area (TPSA) is 63.8 Å². The Morgan fingerprint density at radius 2 is 2.18 bits per heavy atom. The molecule has 3 rings (SSSR count). The van der Waals surface area contributed by atoms with Gasteiger partial charge in [0.05, 0.1) is 0 Å². The van der Waals surface area contributed by atoms with Crippen molar-refractivity contribution in [2.75, 3.05) is 11.1 Å². The molecule has 17 heavy (non-hydrogen) atoms. The van der Waals surface area contributed by atoms with Crippen LogP contribution in [0.1, 0.15) is 32.6 Å². The van der Waals surface area contributed by atoms with Gasteiger partial charge < -0.3 is 11.1 Å². The number of anilines is 2. The van der Waals surface area contributed by atoms with E-state index in [9.17, 15) is 0 Å². The SMILES string of the molecule is CC(Nc1ccc(N)nn1)C1CC2CCC1C2. The lowest BCUT2D eigenvalue weighted by molar-refractivity contribution is 0.304. The summed E-state index contributed by atoms with van der Waals surface area (Å²) in [5.41, 5.74) is 5.53. The molecule has 2 bridgehead atoms. The van der Waals surface area contributed by atoms with E-state index in [2.05, 4.69) is 22.4 Å². The molecule has 0 saturated heterocycles. The number of nitrogens with one attached hydrogen (secondary N) is 1. The molecule has 0 aromatic carbocycles. The highest BCUT2D eigenvalue weighted by Gasteiger charge is 2.41. The van der Waals surface area contributed by atoms with E-state index in [4.69, 9.17) is 5.73 Å². The van der Waals surface area contributed by atoms with Gasteiger partial charge in [0.25, 0.3) is 0 Å². The molecule has 1 aromatic heterocycles. The van der Waals surface area contributed by atoms with Gasteiger partial charge in [-0.25, -0.2) is 0 Å². The fourth-order valence-corrected chi connectivity index (χ4v) is 3.67. The van der Waals surface area contributed by atoms with Crippen LogP contribution >= 0.6 is 0 Å². The van der Waals surface area contributed by atoms with Gasteiger partial charge in [-0.05, 0) is 56.1 Å². The maximum absolute atomic E-state index is 5.53. The summed E-state index contributed by atoms with van der Waals surface area (Å²) in [6, 6.07) is 4.19. The third kappa shape index (κ3) is 2.08. The summed E-state index contributed by atoms with van der Waals surface area (Å²) < 4.78 is 0. The molecule has 0 amide bonds. The maximum atomic E-state index is 5.53. The first-order chi connectivity index (χ1) is 8.22. The minimum absolute atomic E-state index is 0.475. The molecule has 4 heteroatoms. The molecule has 1 heterocycles. The Balaban J connectivity index is 1.63. The second-order valence-corrected chi connectivity index (χ2v) is 5.62. The second-order valence-electron chi connectivity index (χ2n) is 5.62. The number of hydrogen-bond acceptors (Lipinski definition) is 4. The molecule has 4 atom stereocenters. The van der Waals surface area contributed by atoms with Crippen molar-refractivity contribution in [1.82, 2.24) is 10.2 Å². The Bertz CT molecular complexity index is 389. The molecular weight excluding hydrogens is 212 g/mol. The van der Waals surface area contributed by atoms with Crippen LogP contribution in [0.4, 0.5) is 11.6 Å². The Morgan fingerprint density at radius 3 is 2.76 bits per heavy atom. The van der Waals surface area contributed by atoms with E-state index in [1.165, 1.54) is 25.7 Å². The minimum Gasteiger partial charge on any atom is -0.382 e. The van der Waals surface area contributed by atoms with E-state index in [1.807, 2.05) is 6.07 Å². The molecule has 2 fully saturated rings. The zero-order valence-corrected chi connectivity index (χ0v) is 10.3. The molecule has 0 radical (unpaired) electrons. The Labute approximate surface area is 102 Å². The van der Waals surface area contributed by atoms with E-state index in [1.54, 1.807) is 6.07 Å². The number of nitrogens with two attached hydrogens (primary N) is 1. The van der Waals surface area contributed by atoms with E-state index in [0.717, 1.165) is 23.6 Å². The summed E-state index contributed by atoms with van der Waals surface area (Å²) in [6.45, 7) is 2.27. The predicted octanol–water partition coefficient (Wildman–Crippen LogP) is 2.30. The lowest BCUT2D eigenvalue weighted by Gasteiger charge is -2.28. The fourth-order valence-electron chi connectivity index (χ4n) is 3.67. The molecule has 3 N–H and O–H groups in total. The van der Waals surface area contributed by atoms with Crippen molar-refractivity contribution in [3.05, 3.63) is 12.1 Å². The van der Waals surface area contributed by atoms with Crippen LogP contribution in [-0.2, 0) is 0 Å². The van der Waals surface area contributed by atoms with Crippen molar-refractivity contribution in [3.63, 3.8) is 0 Å². The van der Waals surface area contributed by atoms with Crippen LogP contribution in [0.25, 0.3) is 0 Å². The summed E-state index contributed by atoms with van der Waals surface area (Å²) in [6.07, 6.45) is 5.72. The van der Waals surface area contributed by atoms with Gasteiger partial charge in [-0.2, -0.15) is 0 Å². The average Bonchev–Trinajstić information content (AvgIpc) is 2.94. The lowest BCUT2D eigenvalue weighted by atomic mass is 9.84. The summed E-state index contributed by atoms with van der Waals surface area (Å²) >= 11 is 0.